The Kier molecular flexibility index (Phi) is 5.08. The van der Waals surface area contributed by atoms with Gasteiger partial charge in [-0.1, -0.05) is 49.8 Å². The summed E-state index contributed by atoms with van der Waals surface area (Å²) in [4.78, 5) is 0.324. The molecule has 5 heteroatoms. The van der Waals surface area contributed by atoms with Crippen LogP contribution in [0.1, 0.15) is 30.9 Å². The second-order valence-corrected chi connectivity index (χ2v) is 6.63. The van der Waals surface area contributed by atoms with E-state index in [0.717, 1.165) is 17.5 Å². The summed E-state index contributed by atoms with van der Waals surface area (Å²) in [6.45, 7) is 1.98. The normalized spacial score (nSPS) is 11.4. The molecular weight excluding hydrogens is 254 g/mol. The van der Waals surface area contributed by atoms with Crippen molar-refractivity contribution < 1.29 is 8.42 Å². The molecule has 0 radical (unpaired) electrons. The van der Waals surface area contributed by atoms with Crippen LogP contribution in [0.5, 0.6) is 0 Å². The van der Waals surface area contributed by atoms with Crippen LogP contribution < -0.4 is 5.73 Å². The smallest absolute Gasteiger partial charge is 0.154 e. The average Bonchev–Trinajstić information content (AvgIpc) is 2.26. The Hall–Kier alpha value is -0.940. The van der Waals surface area contributed by atoms with Gasteiger partial charge in [-0.2, -0.15) is 0 Å². The lowest BCUT2D eigenvalue weighted by Crippen LogP contribution is -2.11. The van der Waals surface area contributed by atoms with E-state index in [2.05, 4.69) is 0 Å². The molecule has 0 unspecified atom stereocenters. The van der Waals surface area contributed by atoms with Crippen LogP contribution in [0, 0.1) is 0 Å². The quantitative estimate of drug-likeness (QED) is 0.804. The SMILES string of the molecule is CCCCS(=O)(=O)Cc1ccc(C(N)=S)cc1. The van der Waals surface area contributed by atoms with Gasteiger partial charge in [-0.15, -0.1) is 0 Å². The summed E-state index contributed by atoms with van der Waals surface area (Å²) in [6, 6.07) is 7.04. The third-order valence-corrected chi connectivity index (χ3v) is 4.35. The summed E-state index contributed by atoms with van der Waals surface area (Å²) < 4.78 is 23.5. The van der Waals surface area contributed by atoms with Gasteiger partial charge in [0.25, 0.3) is 0 Å². The standard InChI is InChI=1S/C12H17NO2S2/c1-2-3-8-17(14,15)9-10-4-6-11(7-5-10)12(13)16/h4-7H,2-3,8-9H2,1H3,(H2,13,16). The van der Waals surface area contributed by atoms with Gasteiger partial charge in [0.15, 0.2) is 9.84 Å². The maximum Gasteiger partial charge on any atom is 0.154 e. The molecule has 1 rings (SSSR count). The first kappa shape index (κ1) is 14.1. The molecule has 0 atom stereocenters. The van der Waals surface area contributed by atoms with Crippen molar-refractivity contribution in [2.45, 2.75) is 25.5 Å². The Labute approximate surface area is 108 Å². The maximum atomic E-state index is 11.7. The molecule has 0 heterocycles. The molecule has 0 aliphatic carbocycles. The molecule has 3 nitrogen and oxygen atoms in total. The summed E-state index contributed by atoms with van der Waals surface area (Å²) in [6.07, 6.45) is 1.60. The number of sulfone groups is 1. The first-order valence-corrected chi connectivity index (χ1v) is 7.77. The number of nitrogens with two attached hydrogens (primary N) is 1. The Morgan fingerprint density at radius 1 is 1.29 bits per heavy atom. The predicted molar refractivity (Wildman–Crippen MR) is 74.7 cm³/mol. The van der Waals surface area contributed by atoms with E-state index in [1.807, 2.05) is 6.92 Å². The molecule has 0 spiro atoms. The van der Waals surface area contributed by atoms with E-state index in [1.165, 1.54) is 0 Å². The molecule has 0 aromatic heterocycles. The maximum absolute atomic E-state index is 11.7. The van der Waals surface area contributed by atoms with Crippen molar-refractivity contribution in [3.05, 3.63) is 35.4 Å². The second kappa shape index (κ2) is 6.12. The molecule has 0 saturated carbocycles. The fourth-order valence-corrected chi connectivity index (χ4v) is 3.16. The third-order valence-electron chi connectivity index (χ3n) is 2.43. The van der Waals surface area contributed by atoms with Crippen LogP contribution >= 0.6 is 12.2 Å². The van der Waals surface area contributed by atoms with Crippen molar-refractivity contribution >= 4 is 27.0 Å². The molecule has 0 saturated heterocycles. The van der Waals surface area contributed by atoms with Gasteiger partial charge in [-0.25, -0.2) is 8.42 Å². The minimum absolute atomic E-state index is 0.0879. The van der Waals surface area contributed by atoms with Crippen LogP contribution in [-0.4, -0.2) is 19.2 Å². The third kappa shape index (κ3) is 4.83. The highest BCUT2D eigenvalue weighted by atomic mass is 32.2. The second-order valence-electron chi connectivity index (χ2n) is 4.01. The lowest BCUT2D eigenvalue weighted by molar-refractivity contribution is 0.592. The molecule has 0 bridgehead atoms. The van der Waals surface area contributed by atoms with Gasteiger partial charge in [-0.3, -0.25) is 0 Å². The first-order valence-electron chi connectivity index (χ1n) is 5.54. The van der Waals surface area contributed by atoms with Crippen molar-refractivity contribution in [2.75, 3.05) is 5.75 Å². The molecular formula is C12H17NO2S2. The first-order chi connectivity index (χ1) is 7.94. The van der Waals surface area contributed by atoms with Gasteiger partial charge in [0, 0.05) is 5.56 Å². The predicted octanol–water partition coefficient (Wildman–Crippen LogP) is 2.04. The number of thiocarbonyl (C=S) groups is 1. The van der Waals surface area contributed by atoms with Crippen LogP contribution in [0.2, 0.25) is 0 Å². The van der Waals surface area contributed by atoms with Crippen molar-refractivity contribution in [3.63, 3.8) is 0 Å². The van der Waals surface area contributed by atoms with Crippen LogP contribution in [0.15, 0.2) is 24.3 Å². The van der Waals surface area contributed by atoms with Crippen molar-refractivity contribution in [1.82, 2.24) is 0 Å². The number of benzene rings is 1. The Balaban J connectivity index is 2.72. The lowest BCUT2D eigenvalue weighted by atomic mass is 10.1. The molecule has 1 aromatic rings. The Bertz CT molecular complexity index is 478. The van der Waals surface area contributed by atoms with Crippen LogP contribution in [0.4, 0.5) is 0 Å². The zero-order chi connectivity index (χ0) is 12.9. The van der Waals surface area contributed by atoms with Gasteiger partial charge < -0.3 is 5.73 Å². The minimum atomic E-state index is -2.99. The van der Waals surface area contributed by atoms with E-state index in [9.17, 15) is 8.42 Å². The topological polar surface area (TPSA) is 60.2 Å². The van der Waals surface area contributed by atoms with Crippen LogP contribution in [-0.2, 0) is 15.6 Å². The summed E-state index contributed by atoms with van der Waals surface area (Å²) in [5, 5.41) is 0. The van der Waals surface area contributed by atoms with Gasteiger partial charge in [0.2, 0.25) is 0 Å². The summed E-state index contributed by atoms with van der Waals surface area (Å²) >= 11 is 4.83. The fraction of sp³-hybridized carbons (Fsp3) is 0.417. The zero-order valence-electron chi connectivity index (χ0n) is 9.85. The van der Waals surface area contributed by atoms with Crippen LogP contribution in [0.25, 0.3) is 0 Å². The number of hydrogen-bond acceptors (Lipinski definition) is 3. The van der Waals surface area contributed by atoms with Gasteiger partial charge in [0.1, 0.15) is 4.99 Å². The zero-order valence-corrected chi connectivity index (χ0v) is 11.5. The lowest BCUT2D eigenvalue weighted by Gasteiger charge is -2.04. The van der Waals surface area contributed by atoms with Crippen LogP contribution in [0.3, 0.4) is 0 Å². The molecule has 2 N–H and O–H groups in total. The number of rotatable bonds is 6. The molecule has 0 amide bonds. The van der Waals surface area contributed by atoms with E-state index in [0.29, 0.717) is 11.4 Å². The number of unbranched alkanes of at least 4 members (excludes halogenated alkanes) is 1. The fourth-order valence-electron chi connectivity index (χ4n) is 1.46. The summed E-state index contributed by atoms with van der Waals surface area (Å²) in [5.41, 5.74) is 7.01. The van der Waals surface area contributed by atoms with Gasteiger partial charge >= 0.3 is 0 Å². The molecule has 0 aliphatic rings. The van der Waals surface area contributed by atoms with E-state index < -0.39 is 9.84 Å². The minimum Gasteiger partial charge on any atom is -0.389 e. The van der Waals surface area contributed by atoms with Crippen molar-refractivity contribution in [2.24, 2.45) is 5.73 Å². The molecule has 0 aliphatic heterocycles. The van der Waals surface area contributed by atoms with Gasteiger partial charge in [0.05, 0.1) is 11.5 Å². The summed E-state index contributed by atoms with van der Waals surface area (Å²) in [5.74, 6) is 0.338. The average molecular weight is 271 g/mol. The molecule has 17 heavy (non-hydrogen) atoms. The van der Waals surface area contributed by atoms with E-state index in [-0.39, 0.29) is 11.5 Å². The molecule has 94 valence electrons. The van der Waals surface area contributed by atoms with Gasteiger partial charge in [-0.05, 0) is 12.0 Å². The van der Waals surface area contributed by atoms with Crippen molar-refractivity contribution in [3.8, 4) is 0 Å². The Morgan fingerprint density at radius 3 is 2.35 bits per heavy atom. The van der Waals surface area contributed by atoms with E-state index >= 15 is 0 Å². The highest BCUT2D eigenvalue weighted by Crippen LogP contribution is 2.10. The monoisotopic (exact) mass is 271 g/mol. The van der Waals surface area contributed by atoms with E-state index in [4.69, 9.17) is 18.0 Å². The number of hydrogen-bond donors (Lipinski definition) is 1. The molecule has 0 fully saturated rings. The summed E-state index contributed by atoms with van der Waals surface area (Å²) in [7, 11) is -2.99. The largest absolute Gasteiger partial charge is 0.389 e. The highest BCUT2D eigenvalue weighted by Gasteiger charge is 2.11. The highest BCUT2D eigenvalue weighted by molar-refractivity contribution is 7.90. The van der Waals surface area contributed by atoms with Crippen molar-refractivity contribution in [1.29, 1.82) is 0 Å². The Morgan fingerprint density at radius 2 is 1.88 bits per heavy atom. The van der Waals surface area contributed by atoms with E-state index in [1.54, 1.807) is 24.3 Å². The molecule has 1 aromatic carbocycles.